The van der Waals surface area contributed by atoms with Crippen molar-refractivity contribution in [1.82, 2.24) is 25.0 Å². The van der Waals surface area contributed by atoms with Crippen LogP contribution in [0.1, 0.15) is 11.7 Å². The van der Waals surface area contributed by atoms with Crippen LogP contribution >= 0.6 is 27.3 Å². The Bertz CT molecular complexity index is 1120. The lowest BCUT2D eigenvalue weighted by Crippen LogP contribution is -2.21. The number of thiophene rings is 1. The maximum absolute atomic E-state index is 12.0. The number of halogens is 1. The van der Waals surface area contributed by atoms with Crippen molar-refractivity contribution in [3.8, 4) is 11.4 Å². The van der Waals surface area contributed by atoms with Crippen molar-refractivity contribution in [2.75, 3.05) is 7.05 Å². The molecule has 1 N–H and O–H groups in total. The molecular formula is C17H14BrN5O2S. The maximum atomic E-state index is 12.0. The molecule has 3 aromatic heterocycles. The van der Waals surface area contributed by atoms with Gasteiger partial charge in [-0.15, -0.1) is 11.3 Å². The quantitative estimate of drug-likeness (QED) is 0.520. The predicted molar refractivity (Wildman–Crippen MR) is 103 cm³/mol. The molecule has 0 aliphatic heterocycles. The van der Waals surface area contributed by atoms with Gasteiger partial charge in [0.15, 0.2) is 0 Å². The zero-order valence-electron chi connectivity index (χ0n) is 13.8. The van der Waals surface area contributed by atoms with Crippen molar-refractivity contribution >= 4 is 37.5 Å². The standard InChI is InChI=1S/C17H14BrN5O2S/c1-23(8-13-19-12-5-6-26-15(12)17(24)20-13)9-14-21-16(22-25-14)10-3-2-4-11(18)7-10/h2-7H,8-9H2,1H3,(H,19,20,24). The summed E-state index contributed by atoms with van der Waals surface area (Å²) in [6.45, 7) is 0.919. The molecule has 0 aliphatic rings. The number of aromatic amines is 1. The first-order valence-corrected chi connectivity index (χ1v) is 9.49. The molecule has 0 aliphatic carbocycles. The summed E-state index contributed by atoms with van der Waals surface area (Å²) in [6.07, 6.45) is 0. The summed E-state index contributed by atoms with van der Waals surface area (Å²) in [4.78, 5) is 25.7. The fraction of sp³-hybridized carbons (Fsp3) is 0.176. The second-order valence-electron chi connectivity index (χ2n) is 5.84. The Morgan fingerprint density at radius 1 is 1.27 bits per heavy atom. The van der Waals surface area contributed by atoms with E-state index in [0.717, 1.165) is 15.6 Å². The third-order valence-electron chi connectivity index (χ3n) is 3.74. The highest BCUT2D eigenvalue weighted by Crippen LogP contribution is 2.20. The molecule has 0 spiro atoms. The average Bonchev–Trinajstić information content (AvgIpc) is 3.24. The SMILES string of the molecule is CN(Cc1nc2ccsc2c(=O)[nH]1)Cc1nc(-c2cccc(Br)c2)no1. The Kier molecular flexibility index (Phi) is 4.66. The van der Waals surface area contributed by atoms with Crippen molar-refractivity contribution in [2.45, 2.75) is 13.1 Å². The van der Waals surface area contributed by atoms with Crippen molar-refractivity contribution in [1.29, 1.82) is 0 Å². The summed E-state index contributed by atoms with van der Waals surface area (Å²) in [5, 5.41) is 5.89. The topological polar surface area (TPSA) is 87.9 Å². The number of nitrogens with zero attached hydrogens (tertiary/aromatic N) is 4. The Hall–Kier alpha value is -2.36. The summed E-state index contributed by atoms with van der Waals surface area (Å²) in [5.74, 6) is 1.65. The molecular weight excluding hydrogens is 418 g/mol. The van der Waals surface area contributed by atoms with Gasteiger partial charge in [-0.1, -0.05) is 33.2 Å². The van der Waals surface area contributed by atoms with Crippen LogP contribution in [0.3, 0.4) is 0 Å². The first-order valence-electron chi connectivity index (χ1n) is 7.82. The van der Waals surface area contributed by atoms with E-state index in [1.54, 1.807) is 0 Å². The highest BCUT2D eigenvalue weighted by molar-refractivity contribution is 9.10. The van der Waals surface area contributed by atoms with Crippen LogP contribution in [0.2, 0.25) is 0 Å². The lowest BCUT2D eigenvalue weighted by atomic mass is 10.2. The lowest BCUT2D eigenvalue weighted by Gasteiger charge is -2.13. The fourth-order valence-corrected chi connectivity index (χ4v) is 3.73. The fourth-order valence-electron chi connectivity index (χ4n) is 2.60. The molecule has 132 valence electrons. The third-order valence-corrected chi connectivity index (χ3v) is 5.14. The summed E-state index contributed by atoms with van der Waals surface area (Å²) in [5.41, 5.74) is 1.49. The molecule has 0 saturated carbocycles. The second-order valence-corrected chi connectivity index (χ2v) is 7.67. The largest absolute Gasteiger partial charge is 0.338 e. The van der Waals surface area contributed by atoms with Crippen LogP contribution in [0, 0.1) is 0 Å². The minimum absolute atomic E-state index is 0.108. The van der Waals surface area contributed by atoms with Gasteiger partial charge in [-0.05, 0) is 30.6 Å². The smallest absolute Gasteiger partial charge is 0.268 e. The molecule has 0 bridgehead atoms. The number of aromatic nitrogens is 4. The molecule has 0 saturated heterocycles. The van der Waals surface area contributed by atoms with Crippen LogP contribution in [-0.4, -0.2) is 32.1 Å². The number of nitrogens with one attached hydrogen (secondary N) is 1. The van der Waals surface area contributed by atoms with Gasteiger partial charge in [-0.2, -0.15) is 4.98 Å². The van der Waals surface area contributed by atoms with Crippen LogP contribution < -0.4 is 5.56 Å². The highest BCUT2D eigenvalue weighted by atomic mass is 79.9. The molecule has 9 heteroatoms. The van der Waals surface area contributed by atoms with Crippen LogP contribution in [0.25, 0.3) is 21.6 Å². The Morgan fingerprint density at radius 3 is 3.00 bits per heavy atom. The average molecular weight is 432 g/mol. The number of benzene rings is 1. The van der Waals surface area contributed by atoms with Gasteiger partial charge in [-0.3, -0.25) is 9.69 Å². The normalized spacial score (nSPS) is 11.5. The van der Waals surface area contributed by atoms with E-state index in [1.165, 1.54) is 11.3 Å². The van der Waals surface area contributed by atoms with Crippen molar-refractivity contribution in [3.05, 3.63) is 62.3 Å². The van der Waals surface area contributed by atoms with Crippen LogP contribution in [-0.2, 0) is 13.1 Å². The lowest BCUT2D eigenvalue weighted by molar-refractivity contribution is 0.256. The van der Waals surface area contributed by atoms with E-state index in [9.17, 15) is 4.79 Å². The molecule has 0 fully saturated rings. The Morgan fingerprint density at radius 2 is 2.15 bits per heavy atom. The first-order chi connectivity index (χ1) is 12.6. The van der Waals surface area contributed by atoms with Crippen LogP contribution in [0.4, 0.5) is 0 Å². The molecule has 0 unspecified atom stereocenters. The number of H-pyrrole nitrogens is 1. The van der Waals surface area contributed by atoms with E-state index in [-0.39, 0.29) is 5.56 Å². The summed E-state index contributed by atoms with van der Waals surface area (Å²) in [6, 6.07) is 9.57. The third kappa shape index (κ3) is 3.59. The molecule has 4 rings (SSSR count). The summed E-state index contributed by atoms with van der Waals surface area (Å²) in [7, 11) is 1.90. The Labute approximate surface area is 160 Å². The number of hydrogen-bond acceptors (Lipinski definition) is 7. The van der Waals surface area contributed by atoms with Gasteiger partial charge in [0.05, 0.1) is 18.6 Å². The van der Waals surface area contributed by atoms with E-state index < -0.39 is 0 Å². The number of rotatable bonds is 5. The van der Waals surface area contributed by atoms with E-state index in [1.807, 2.05) is 47.7 Å². The second kappa shape index (κ2) is 7.10. The monoisotopic (exact) mass is 431 g/mol. The van der Waals surface area contributed by atoms with Gasteiger partial charge in [0.1, 0.15) is 10.5 Å². The van der Waals surface area contributed by atoms with Crippen molar-refractivity contribution in [2.24, 2.45) is 0 Å². The molecule has 1 aromatic carbocycles. The van der Waals surface area contributed by atoms with Crippen LogP contribution in [0.15, 0.2) is 49.5 Å². The van der Waals surface area contributed by atoms with Gasteiger partial charge in [0.25, 0.3) is 5.56 Å². The molecule has 0 radical (unpaired) electrons. The maximum Gasteiger partial charge on any atom is 0.268 e. The molecule has 26 heavy (non-hydrogen) atoms. The summed E-state index contributed by atoms with van der Waals surface area (Å²) >= 11 is 4.82. The van der Waals surface area contributed by atoms with E-state index >= 15 is 0 Å². The first kappa shape index (κ1) is 17.1. The predicted octanol–water partition coefficient (Wildman–Crippen LogP) is 3.43. The molecule has 3 heterocycles. The summed E-state index contributed by atoms with van der Waals surface area (Å²) < 4.78 is 6.94. The van der Waals surface area contributed by atoms with Gasteiger partial charge >= 0.3 is 0 Å². The molecule has 4 aromatic rings. The van der Waals surface area contributed by atoms with Crippen molar-refractivity contribution in [3.63, 3.8) is 0 Å². The van der Waals surface area contributed by atoms with Crippen LogP contribution in [0.5, 0.6) is 0 Å². The molecule has 0 atom stereocenters. The number of hydrogen-bond donors (Lipinski definition) is 1. The van der Waals surface area contributed by atoms with Gasteiger partial charge in [-0.25, -0.2) is 4.98 Å². The minimum atomic E-state index is -0.108. The molecule has 0 amide bonds. The number of fused-ring (bicyclic) bond motifs is 1. The minimum Gasteiger partial charge on any atom is -0.338 e. The highest BCUT2D eigenvalue weighted by Gasteiger charge is 2.13. The Balaban J connectivity index is 1.48. The van der Waals surface area contributed by atoms with E-state index in [0.29, 0.717) is 35.3 Å². The van der Waals surface area contributed by atoms with E-state index in [2.05, 4.69) is 36.0 Å². The zero-order chi connectivity index (χ0) is 18.1. The van der Waals surface area contributed by atoms with Gasteiger partial charge < -0.3 is 9.51 Å². The zero-order valence-corrected chi connectivity index (χ0v) is 16.2. The van der Waals surface area contributed by atoms with Gasteiger partial charge in [0, 0.05) is 10.0 Å². The molecule has 7 nitrogen and oxygen atoms in total. The van der Waals surface area contributed by atoms with Crippen molar-refractivity contribution < 1.29 is 4.52 Å². The van der Waals surface area contributed by atoms with E-state index in [4.69, 9.17) is 4.52 Å². The van der Waals surface area contributed by atoms with Gasteiger partial charge in [0.2, 0.25) is 11.7 Å².